The fourth-order valence-electron chi connectivity index (χ4n) is 5.85. The van der Waals surface area contributed by atoms with Gasteiger partial charge in [-0.25, -0.2) is 0 Å². The van der Waals surface area contributed by atoms with Crippen molar-refractivity contribution in [3.05, 3.63) is 28.8 Å². The SMILES string of the molecule is C#Cc1cc2c(cc1OC)CC[C@@H]1[C@@H]2CC[C@]2(C)[C@H](O)CC[C@@H]12. The van der Waals surface area contributed by atoms with Crippen LogP contribution in [0.2, 0.25) is 0 Å². The average molecular weight is 310 g/mol. The first-order valence-electron chi connectivity index (χ1n) is 8.94. The Morgan fingerprint density at radius 3 is 2.83 bits per heavy atom. The summed E-state index contributed by atoms with van der Waals surface area (Å²) in [5.74, 6) is 5.61. The zero-order valence-electron chi connectivity index (χ0n) is 14.1. The summed E-state index contributed by atoms with van der Waals surface area (Å²) in [5.41, 5.74) is 3.90. The third kappa shape index (κ3) is 2.06. The summed E-state index contributed by atoms with van der Waals surface area (Å²) >= 11 is 0. The zero-order chi connectivity index (χ0) is 16.2. The largest absolute Gasteiger partial charge is 0.495 e. The summed E-state index contributed by atoms with van der Waals surface area (Å²) in [4.78, 5) is 0. The third-order valence-corrected chi connectivity index (χ3v) is 7.15. The van der Waals surface area contributed by atoms with E-state index in [1.54, 1.807) is 7.11 Å². The number of aliphatic hydroxyl groups excluding tert-OH is 1. The van der Waals surface area contributed by atoms with E-state index in [1.807, 2.05) is 0 Å². The second-order valence-corrected chi connectivity index (χ2v) is 7.95. The molecule has 3 aliphatic rings. The van der Waals surface area contributed by atoms with E-state index >= 15 is 0 Å². The molecule has 5 atom stereocenters. The van der Waals surface area contributed by atoms with Crippen LogP contribution in [-0.4, -0.2) is 18.3 Å². The number of terminal acetylenes is 1. The van der Waals surface area contributed by atoms with Gasteiger partial charge in [0, 0.05) is 0 Å². The second-order valence-electron chi connectivity index (χ2n) is 7.95. The van der Waals surface area contributed by atoms with Gasteiger partial charge >= 0.3 is 0 Å². The fraction of sp³-hybridized carbons (Fsp3) is 0.619. The van der Waals surface area contributed by atoms with Crippen LogP contribution in [0.5, 0.6) is 5.75 Å². The summed E-state index contributed by atoms with van der Waals surface area (Å²) in [5, 5.41) is 10.5. The molecule has 0 spiro atoms. The van der Waals surface area contributed by atoms with Gasteiger partial charge < -0.3 is 9.84 Å². The number of benzene rings is 1. The quantitative estimate of drug-likeness (QED) is 0.797. The van der Waals surface area contributed by atoms with Gasteiger partial charge in [-0.2, -0.15) is 0 Å². The Kier molecular flexibility index (Phi) is 3.46. The number of hydrogen-bond donors (Lipinski definition) is 1. The normalized spacial score (nSPS) is 38.2. The smallest absolute Gasteiger partial charge is 0.134 e. The van der Waals surface area contributed by atoms with Gasteiger partial charge in [0.1, 0.15) is 5.75 Å². The molecule has 0 unspecified atom stereocenters. The predicted molar refractivity (Wildman–Crippen MR) is 91.6 cm³/mol. The van der Waals surface area contributed by atoms with E-state index < -0.39 is 0 Å². The number of aliphatic hydroxyl groups is 1. The molecule has 2 heteroatoms. The van der Waals surface area contributed by atoms with Crippen LogP contribution in [0.1, 0.15) is 61.6 Å². The molecule has 122 valence electrons. The number of ether oxygens (including phenoxy) is 1. The van der Waals surface area contributed by atoms with Crippen molar-refractivity contribution in [2.45, 2.75) is 57.5 Å². The fourth-order valence-corrected chi connectivity index (χ4v) is 5.85. The lowest BCUT2D eigenvalue weighted by atomic mass is 9.55. The molecular formula is C21H26O2. The maximum absolute atomic E-state index is 10.5. The Labute approximate surface area is 139 Å². The predicted octanol–water partition coefficient (Wildman–Crippen LogP) is 3.89. The lowest BCUT2D eigenvalue weighted by Gasteiger charge is -2.50. The van der Waals surface area contributed by atoms with Crippen LogP contribution < -0.4 is 4.74 Å². The van der Waals surface area contributed by atoms with Gasteiger partial charge in [-0.05, 0) is 85.0 Å². The lowest BCUT2D eigenvalue weighted by molar-refractivity contribution is -0.0226. The highest BCUT2D eigenvalue weighted by atomic mass is 16.5. The minimum atomic E-state index is -0.105. The van der Waals surface area contributed by atoms with Crippen molar-refractivity contribution in [2.75, 3.05) is 7.11 Å². The van der Waals surface area contributed by atoms with E-state index in [-0.39, 0.29) is 11.5 Å². The van der Waals surface area contributed by atoms with Crippen molar-refractivity contribution in [3.8, 4) is 18.1 Å². The van der Waals surface area contributed by atoms with Crippen molar-refractivity contribution in [2.24, 2.45) is 17.3 Å². The third-order valence-electron chi connectivity index (χ3n) is 7.15. The number of fused-ring (bicyclic) bond motifs is 5. The first-order chi connectivity index (χ1) is 11.1. The number of methoxy groups -OCH3 is 1. The molecule has 0 amide bonds. The monoisotopic (exact) mass is 310 g/mol. The average Bonchev–Trinajstić information content (AvgIpc) is 2.88. The van der Waals surface area contributed by atoms with E-state index in [0.717, 1.165) is 30.6 Å². The number of rotatable bonds is 1. The summed E-state index contributed by atoms with van der Waals surface area (Å²) in [6.45, 7) is 2.32. The van der Waals surface area contributed by atoms with Gasteiger partial charge in [0.15, 0.2) is 0 Å². The van der Waals surface area contributed by atoms with Crippen LogP contribution in [-0.2, 0) is 6.42 Å². The molecule has 2 fully saturated rings. The maximum atomic E-state index is 10.5. The highest BCUT2D eigenvalue weighted by Crippen LogP contribution is 2.61. The van der Waals surface area contributed by atoms with Gasteiger partial charge in [0.05, 0.1) is 18.8 Å². The van der Waals surface area contributed by atoms with Gasteiger partial charge in [-0.1, -0.05) is 12.8 Å². The molecule has 1 N–H and O–H groups in total. The summed E-state index contributed by atoms with van der Waals surface area (Å²) in [6, 6.07) is 4.37. The second kappa shape index (κ2) is 5.28. The van der Waals surface area contributed by atoms with Crippen molar-refractivity contribution in [1.82, 2.24) is 0 Å². The standard InChI is InChI=1S/C21H26O2/c1-4-13-11-17-14(12-19(13)23-3)5-6-16-15(17)9-10-21(2)18(16)7-8-20(21)22/h1,11-12,15-16,18,20,22H,5-10H2,2-3H3/t15-,16+,18-,20+,21-/m0/s1. The van der Waals surface area contributed by atoms with Crippen molar-refractivity contribution < 1.29 is 9.84 Å². The lowest BCUT2D eigenvalue weighted by Crippen LogP contribution is -2.43. The maximum Gasteiger partial charge on any atom is 0.134 e. The molecule has 0 aliphatic heterocycles. The molecule has 0 bridgehead atoms. The Morgan fingerprint density at radius 2 is 2.09 bits per heavy atom. The highest BCUT2D eigenvalue weighted by Gasteiger charge is 2.54. The molecule has 2 nitrogen and oxygen atoms in total. The van der Waals surface area contributed by atoms with E-state index in [4.69, 9.17) is 11.2 Å². The molecule has 0 saturated heterocycles. The molecule has 1 aromatic carbocycles. The Hall–Kier alpha value is -1.46. The molecule has 0 aromatic heterocycles. The van der Waals surface area contributed by atoms with Crippen molar-refractivity contribution >= 4 is 0 Å². The molecule has 23 heavy (non-hydrogen) atoms. The van der Waals surface area contributed by atoms with Crippen LogP contribution in [0, 0.1) is 29.6 Å². The minimum absolute atomic E-state index is 0.105. The van der Waals surface area contributed by atoms with E-state index in [9.17, 15) is 5.11 Å². The Morgan fingerprint density at radius 1 is 1.26 bits per heavy atom. The first-order valence-corrected chi connectivity index (χ1v) is 8.94. The minimum Gasteiger partial charge on any atom is -0.495 e. The Balaban J connectivity index is 1.74. The van der Waals surface area contributed by atoms with Crippen LogP contribution in [0.3, 0.4) is 0 Å². The van der Waals surface area contributed by atoms with Crippen LogP contribution in [0.15, 0.2) is 12.1 Å². The molecule has 4 rings (SSSR count). The molecule has 3 aliphatic carbocycles. The van der Waals surface area contributed by atoms with E-state index in [0.29, 0.717) is 17.8 Å². The number of aryl methyl sites for hydroxylation is 1. The first kappa shape index (κ1) is 15.1. The number of hydrogen-bond acceptors (Lipinski definition) is 2. The van der Waals surface area contributed by atoms with E-state index in [1.165, 1.54) is 30.4 Å². The topological polar surface area (TPSA) is 29.5 Å². The summed E-state index contributed by atoms with van der Waals surface area (Å²) < 4.78 is 5.46. The van der Waals surface area contributed by atoms with Gasteiger partial charge in [0.2, 0.25) is 0 Å². The molecule has 0 radical (unpaired) electrons. The van der Waals surface area contributed by atoms with Crippen LogP contribution in [0.25, 0.3) is 0 Å². The summed E-state index contributed by atoms with van der Waals surface area (Å²) in [6.07, 6.45) is 12.4. The van der Waals surface area contributed by atoms with Crippen LogP contribution >= 0.6 is 0 Å². The molecule has 0 heterocycles. The Bertz CT molecular complexity index is 671. The van der Waals surface area contributed by atoms with Gasteiger partial charge in [0.25, 0.3) is 0 Å². The zero-order valence-corrected chi connectivity index (χ0v) is 14.1. The summed E-state index contributed by atoms with van der Waals surface area (Å²) in [7, 11) is 1.69. The van der Waals surface area contributed by atoms with Crippen molar-refractivity contribution in [1.29, 1.82) is 0 Å². The van der Waals surface area contributed by atoms with E-state index in [2.05, 4.69) is 25.0 Å². The highest BCUT2D eigenvalue weighted by molar-refractivity contribution is 5.52. The van der Waals surface area contributed by atoms with Crippen LogP contribution in [0.4, 0.5) is 0 Å². The molecule has 2 saturated carbocycles. The van der Waals surface area contributed by atoms with Gasteiger partial charge in [-0.15, -0.1) is 6.42 Å². The molecule has 1 aromatic rings. The molecular weight excluding hydrogens is 284 g/mol. The van der Waals surface area contributed by atoms with Crippen molar-refractivity contribution in [3.63, 3.8) is 0 Å². The van der Waals surface area contributed by atoms with Gasteiger partial charge in [-0.3, -0.25) is 0 Å².